The molecule has 44 heavy (non-hydrogen) atoms. The van der Waals surface area contributed by atoms with Crippen molar-refractivity contribution >= 4 is 35.6 Å². The highest BCUT2D eigenvalue weighted by Gasteiger charge is 2.44. The van der Waals surface area contributed by atoms with Crippen LogP contribution in [-0.4, -0.2) is 112 Å². The molecule has 3 heterocycles. The van der Waals surface area contributed by atoms with Crippen LogP contribution in [0, 0.1) is 0 Å². The first kappa shape index (κ1) is 32.7. The molecule has 1 aromatic rings. The van der Waals surface area contributed by atoms with E-state index in [1.165, 1.54) is 14.7 Å². The number of likely N-dealkylation sites (tertiary alicyclic amines) is 3. The number of nitrogens with zero attached hydrogens (tertiary/aromatic N) is 4. The number of carboxylic acid groups (broad SMARTS) is 1. The predicted octanol–water partition coefficient (Wildman–Crippen LogP) is -0.848. The molecule has 14 nitrogen and oxygen atoms in total. The Hall–Kier alpha value is -4.20. The van der Waals surface area contributed by atoms with E-state index in [9.17, 15) is 29.1 Å². The summed E-state index contributed by atoms with van der Waals surface area (Å²) in [6, 6.07) is 5.10. The molecule has 0 aromatic heterocycles. The Kier molecular flexibility index (Phi) is 11.1. The molecule has 4 rings (SSSR count). The number of hydrogen-bond donors (Lipinski definition) is 5. The number of rotatable bonds is 12. The Bertz CT molecular complexity index is 1240. The van der Waals surface area contributed by atoms with E-state index in [0.717, 1.165) is 5.56 Å². The van der Waals surface area contributed by atoms with Gasteiger partial charge < -0.3 is 42.3 Å². The third-order valence-corrected chi connectivity index (χ3v) is 8.66. The number of hydrogen-bond acceptors (Lipinski definition) is 7. The van der Waals surface area contributed by atoms with Crippen LogP contribution in [0.3, 0.4) is 0 Å². The van der Waals surface area contributed by atoms with Gasteiger partial charge >= 0.3 is 5.97 Å². The van der Waals surface area contributed by atoms with Gasteiger partial charge in [0.05, 0.1) is 6.04 Å². The maximum atomic E-state index is 13.9. The number of nitrogens with two attached hydrogens (primary N) is 3. The number of guanidine groups is 1. The zero-order chi connectivity index (χ0) is 31.8. The maximum Gasteiger partial charge on any atom is 0.326 e. The molecule has 0 unspecified atom stereocenters. The zero-order valence-corrected chi connectivity index (χ0v) is 25.0. The summed E-state index contributed by atoms with van der Waals surface area (Å²) in [5.41, 5.74) is 18.1. The van der Waals surface area contributed by atoms with E-state index in [0.29, 0.717) is 71.0 Å². The fourth-order valence-electron chi connectivity index (χ4n) is 6.47. The summed E-state index contributed by atoms with van der Waals surface area (Å²) in [6.45, 7) is 1.25. The SMILES string of the molecule is NC(N)=NCCC[C@H](NC(=O)[C@@H]1CCCN1C(=O)[C@@H](N)Cc1ccccc1)C(=O)N1CCC[C@H]1C(=O)N1CCC[C@H]1C(=O)O. The molecule has 0 spiro atoms. The van der Waals surface area contributed by atoms with E-state index in [1.54, 1.807) is 0 Å². The van der Waals surface area contributed by atoms with Crippen molar-refractivity contribution in [2.24, 2.45) is 22.2 Å². The molecule has 5 atom stereocenters. The van der Waals surface area contributed by atoms with Crippen LogP contribution >= 0.6 is 0 Å². The highest BCUT2D eigenvalue weighted by molar-refractivity contribution is 5.96. The zero-order valence-electron chi connectivity index (χ0n) is 25.0. The van der Waals surface area contributed by atoms with Gasteiger partial charge in [-0.2, -0.15) is 0 Å². The average molecular weight is 613 g/mol. The first-order valence-corrected chi connectivity index (χ1v) is 15.4. The third-order valence-electron chi connectivity index (χ3n) is 8.66. The Morgan fingerprint density at radius 2 is 1.45 bits per heavy atom. The number of benzene rings is 1. The first-order chi connectivity index (χ1) is 21.1. The van der Waals surface area contributed by atoms with Crippen molar-refractivity contribution in [1.29, 1.82) is 0 Å². The molecule has 14 heteroatoms. The van der Waals surface area contributed by atoms with E-state index in [-0.39, 0.29) is 30.7 Å². The van der Waals surface area contributed by atoms with Gasteiger partial charge in [0, 0.05) is 26.2 Å². The summed E-state index contributed by atoms with van der Waals surface area (Å²) in [4.78, 5) is 74.3. The second-order valence-corrected chi connectivity index (χ2v) is 11.7. The summed E-state index contributed by atoms with van der Waals surface area (Å²) >= 11 is 0. The molecule has 240 valence electrons. The van der Waals surface area contributed by atoms with Crippen molar-refractivity contribution in [2.75, 3.05) is 26.2 Å². The second kappa shape index (κ2) is 15.0. The molecular weight excluding hydrogens is 568 g/mol. The molecule has 0 bridgehead atoms. The summed E-state index contributed by atoms with van der Waals surface area (Å²) in [6.07, 6.45) is 3.90. The third kappa shape index (κ3) is 7.84. The molecule has 3 aliphatic rings. The summed E-state index contributed by atoms with van der Waals surface area (Å²) in [5, 5.41) is 12.4. The minimum Gasteiger partial charge on any atom is -0.480 e. The van der Waals surface area contributed by atoms with Crippen molar-refractivity contribution in [3.63, 3.8) is 0 Å². The molecule has 1 aromatic carbocycles. The number of aliphatic carboxylic acids is 1. The lowest BCUT2D eigenvalue weighted by molar-refractivity contribution is -0.152. The molecule has 3 aliphatic heterocycles. The van der Waals surface area contributed by atoms with E-state index in [2.05, 4.69) is 10.3 Å². The van der Waals surface area contributed by atoms with Crippen LogP contribution in [0.4, 0.5) is 0 Å². The smallest absolute Gasteiger partial charge is 0.326 e. The van der Waals surface area contributed by atoms with Crippen molar-refractivity contribution < 1.29 is 29.1 Å². The quantitative estimate of drug-likeness (QED) is 0.113. The van der Waals surface area contributed by atoms with Gasteiger partial charge in [-0.25, -0.2) is 4.79 Å². The van der Waals surface area contributed by atoms with E-state index in [1.807, 2.05) is 30.3 Å². The van der Waals surface area contributed by atoms with Gasteiger partial charge in [0.25, 0.3) is 0 Å². The number of carboxylic acids is 1. The largest absolute Gasteiger partial charge is 0.480 e. The molecule has 4 amide bonds. The Labute approximate surface area is 257 Å². The lowest BCUT2D eigenvalue weighted by Gasteiger charge is -2.33. The van der Waals surface area contributed by atoms with Gasteiger partial charge in [0.15, 0.2) is 5.96 Å². The normalized spacial score (nSPS) is 22.8. The molecular formula is C30H44N8O6. The Morgan fingerprint density at radius 3 is 2.09 bits per heavy atom. The fraction of sp³-hybridized carbons (Fsp3) is 0.600. The molecule has 3 saturated heterocycles. The minimum absolute atomic E-state index is 0.0901. The van der Waals surface area contributed by atoms with Crippen LogP contribution in [0.2, 0.25) is 0 Å². The van der Waals surface area contributed by atoms with Crippen molar-refractivity contribution in [1.82, 2.24) is 20.0 Å². The van der Waals surface area contributed by atoms with Crippen LogP contribution in [-0.2, 0) is 30.4 Å². The van der Waals surface area contributed by atoms with Crippen LogP contribution in [0.5, 0.6) is 0 Å². The molecule has 0 aliphatic carbocycles. The highest BCUT2D eigenvalue weighted by atomic mass is 16.4. The van der Waals surface area contributed by atoms with Gasteiger partial charge in [-0.3, -0.25) is 24.2 Å². The standard InChI is InChI=1S/C30H44N8O6/c31-20(18-19-8-2-1-3-9-19)26(40)36-15-5-11-22(36)25(39)35-21(10-4-14-34-30(32)33)27(41)37-16-6-12-23(37)28(42)38-17-7-13-24(38)29(43)44/h1-3,8-9,20-24H,4-7,10-18,31H2,(H,35,39)(H,43,44)(H4,32,33,34)/t20-,21-,22-,23-,24-/m0/s1. The average Bonchev–Trinajstić information content (AvgIpc) is 3.79. The Balaban J connectivity index is 1.46. The minimum atomic E-state index is -1.06. The number of amides is 4. The Morgan fingerprint density at radius 1 is 0.864 bits per heavy atom. The van der Waals surface area contributed by atoms with Crippen LogP contribution in [0.1, 0.15) is 56.9 Å². The van der Waals surface area contributed by atoms with Gasteiger partial charge in [-0.05, 0) is 63.4 Å². The summed E-state index contributed by atoms with van der Waals surface area (Å²) < 4.78 is 0. The topological polar surface area (TPSA) is 218 Å². The molecule has 8 N–H and O–H groups in total. The number of carbonyl (C=O) groups is 5. The van der Waals surface area contributed by atoms with E-state index >= 15 is 0 Å². The number of nitrogens with one attached hydrogen (secondary N) is 1. The van der Waals surface area contributed by atoms with Crippen molar-refractivity contribution in [3.05, 3.63) is 35.9 Å². The lowest BCUT2D eigenvalue weighted by atomic mass is 10.0. The highest BCUT2D eigenvalue weighted by Crippen LogP contribution is 2.26. The van der Waals surface area contributed by atoms with Crippen LogP contribution in [0.15, 0.2) is 35.3 Å². The molecule has 0 saturated carbocycles. The first-order valence-electron chi connectivity index (χ1n) is 15.4. The fourth-order valence-corrected chi connectivity index (χ4v) is 6.47. The predicted molar refractivity (Wildman–Crippen MR) is 162 cm³/mol. The summed E-state index contributed by atoms with van der Waals surface area (Å²) in [5.74, 6) is -2.75. The van der Waals surface area contributed by atoms with Gasteiger partial charge in [-0.1, -0.05) is 30.3 Å². The second-order valence-electron chi connectivity index (χ2n) is 11.7. The monoisotopic (exact) mass is 612 g/mol. The van der Waals surface area contributed by atoms with Crippen molar-refractivity contribution in [2.45, 2.75) is 88.0 Å². The van der Waals surface area contributed by atoms with Gasteiger partial charge in [0.1, 0.15) is 24.2 Å². The number of carbonyl (C=O) groups excluding carboxylic acids is 4. The van der Waals surface area contributed by atoms with E-state index < -0.39 is 48.0 Å². The number of aliphatic imine (C=N–C) groups is 1. The summed E-state index contributed by atoms with van der Waals surface area (Å²) in [7, 11) is 0. The van der Waals surface area contributed by atoms with Gasteiger partial charge in [-0.15, -0.1) is 0 Å². The maximum absolute atomic E-state index is 13.9. The van der Waals surface area contributed by atoms with Crippen LogP contribution in [0.25, 0.3) is 0 Å². The molecule has 0 radical (unpaired) electrons. The van der Waals surface area contributed by atoms with E-state index in [4.69, 9.17) is 17.2 Å². The van der Waals surface area contributed by atoms with Crippen molar-refractivity contribution in [3.8, 4) is 0 Å². The molecule has 3 fully saturated rings. The van der Waals surface area contributed by atoms with Gasteiger partial charge in [0.2, 0.25) is 23.6 Å². The van der Waals surface area contributed by atoms with Crippen LogP contribution < -0.4 is 22.5 Å². The lowest BCUT2D eigenvalue weighted by Crippen LogP contribution is -2.58.